The van der Waals surface area contributed by atoms with Crippen molar-refractivity contribution < 1.29 is 53.8 Å². The first kappa shape index (κ1) is 49.6. The molecule has 3 aromatic carbocycles. The number of hydrogen-bond donors (Lipinski definition) is 7. The number of nitrogens with one attached hydrogen (secondary N) is 3. The quantitative estimate of drug-likeness (QED) is 0.0648. The van der Waals surface area contributed by atoms with E-state index in [1.807, 2.05) is 30.3 Å². The Morgan fingerprint density at radius 3 is 2.47 bits per heavy atom. The third-order valence-electron chi connectivity index (χ3n) is 12.9. The summed E-state index contributed by atoms with van der Waals surface area (Å²) in [7, 11) is 0. The second-order valence-electron chi connectivity index (χ2n) is 18.9. The van der Waals surface area contributed by atoms with Crippen molar-refractivity contribution in [3.05, 3.63) is 88.3 Å². The zero-order valence-electron chi connectivity index (χ0n) is 39.6. The van der Waals surface area contributed by atoms with E-state index in [2.05, 4.69) is 39.7 Å². The molecule has 8 rings (SSSR count). The third-order valence-corrected chi connectivity index (χ3v) is 12.9. The predicted octanol–water partition coefficient (Wildman–Crippen LogP) is 4.99. The Hall–Kier alpha value is -6.30. The number of Topliss-reactive ketones (excluding diaryl/α,β-unsaturated/α-hetero) is 1. The molecule has 5 aliphatic rings. The summed E-state index contributed by atoms with van der Waals surface area (Å²) in [5.41, 5.74) is 0.750. The monoisotopic (exact) mass is 936 g/mol. The number of piperidine rings is 1. The molecule has 5 bridgehead atoms. The number of esters is 1. The molecule has 0 aromatic heterocycles. The number of nitrogens with zero attached hydrogens (tertiary/aromatic N) is 3. The smallest absolute Gasteiger partial charge is 0.315 e. The first-order chi connectivity index (χ1) is 32.4. The van der Waals surface area contributed by atoms with E-state index < -0.39 is 71.4 Å². The fourth-order valence-electron chi connectivity index (χ4n) is 9.14. The number of allylic oxidation sites excluding steroid dienone is 3. The van der Waals surface area contributed by atoms with Crippen LogP contribution >= 0.6 is 0 Å². The van der Waals surface area contributed by atoms with Gasteiger partial charge in [-0.05, 0) is 57.2 Å². The Bertz CT molecular complexity index is 2640. The molecule has 0 saturated carbocycles. The van der Waals surface area contributed by atoms with Crippen LogP contribution in [0.4, 0.5) is 11.4 Å². The van der Waals surface area contributed by atoms with Gasteiger partial charge < -0.3 is 55.5 Å². The number of aromatic hydroxyl groups is 2. The normalized spacial score (nSPS) is 25.9. The molecule has 0 aliphatic carbocycles. The summed E-state index contributed by atoms with van der Waals surface area (Å²) in [4.78, 5) is 66.1. The zero-order valence-corrected chi connectivity index (χ0v) is 39.6. The average Bonchev–Trinajstić information content (AvgIpc) is 3.79. The summed E-state index contributed by atoms with van der Waals surface area (Å²) in [5, 5.41) is 55.6. The van der Waals surface area contributed by atoms with Crippen molar-refractivity contribution in [1.82, 2.24) is 10.2 Å². The summed E-state index contributed by atoms with van der Waals surface area (Å²) >= 11 is 0. The minimum Gasteiger partial charge on any atom is -0.507 e. The maximum atomic E-state index is 14.7. The molecule has 68 heavy (non-hydrogen) atoms. The first-order valence-corrected chi connectivity index (χ1v) is 23.5. The third kappa shape index (κ3) is 11.0. The van der Waals surface area contributed by atoms with Gasteiger partial charge in [-0.3, -0.25) is 24.2 Å². The highest BCUT2D eigenvalue weighted by Crippen LogP contribution is 2.51. The van der Waals surface area contributed by atoms with Crippen molar-refractivity contribution in [1.29, 1.82) is 0 Å². The number of ketones is 1. The highest BCUT2D eigenvalue weighted by Gasteiger charge is 2.50. The maximum Gasteiger partial charge on any atom is 0.315 e. The van der Waals surface area contributed by atoms with Gasteiger partial charge in [0.2, 0.25) is 5.91 Å². The molecule has 7 N–H and O–H groups in total. The van der Waals surface area contributed by atoms with Crippen molar-refractivity contribution in [2.24, 2.45) is 21.8 Å². The molecule has 1 fully saturated rings. The summed E-state index contributed by atoms with van der Waals surface area (Å²) in [6, 6.07) is 9.46. The molecule has 364 valence electrons. The second-order valence-corrected chi connectivity index (χ2v) is 18.9. The number of aliphatic hydroxyl groups is 2. The van der Waals surface area contributed by atoms with Crippen molar-refractivity contribution in [3.8, 4) is 17.2 Å². The van der Waals surface area contributed by atoms with Gasteiger partial charge >= 0.3 is 11.8 Å². The van der Waals surface area contributed by atoms with Gasteiger partial charge in [0.15, 0.2) is 5.75 Å². The van der Waals surface area contributed by atoms with E-state index in [9.17, 15) is 39.6 Å². The number of hydrogen-bond acceptors (Lipinski definition) is 15. The Kier molecular flexibility index (Phi) is 15.3. The molecule has 5 atom stereocenters. The van der Waals surface area contributed by atoms with E-state index in [0.717, 1.165) is 25.3 Å². The minimum atomic E-state index is -1.93. The Morgan fingerprint density at radius 2 is 1.75 bits per heavy atom. The number of amides is 2. The molecule has 1 saturated heterocycles. The Labute approximate surface area is 395 Å². The minimum absolute atomic E-state index is 0.0492. The number of para-hydroxylation sites is 1. The number of phenols is 2. The number of likely N-dealkylation sites (tertiary alicyclic amines) is 1. The number of aliphatic hydroxyl groups excluding tert-OH is 2. The molecule has 0 radical (unpaired) electrons. The van der Waals surface area contributed by atoms with Gasteiger partial charge in [-0.15, -0.1) is 0 Å². The second kappa shape index (κ2) is 20.9. The number of benzene rings is 3. The summed E-state index contributed by atoms with van der Waals surface area (Å²) in [6.45, 7) is 13.7. The fraction of sp³-hybridized carbons (Fsp3) is 0.490. The molecular weight excluding hydrogens is 873 g/mol. The van der Waals surface area contributed by atoms with Gasteiger partial charge in [0.1, 0.15) is 40.4 Å². The van der Waals surface area contributed by atoms with Crippen molar-refractivity contribution in [3.63, 3.8) is 0 Å². The number of anilines is 2. The van der Waals surface area contributed by atoms with Crippen LogP contribution in [0.15, 0.2) is 76.5 Å². The van der Waals surface area contributed by atoms with Gasteiger partial charge in [-0.2, -0.15) is 0 Å². The van der Waals surface area contributed by atoms with E-state index in [-0.39, 0.29) is 81.9 Å². The van der Waals surface area contributed by atoms with Gasteiger partial charge in [0.05, 0.1) is 35.1 Å². The molecule has 3 aromatic rings. The Balaban J connectivity index is 1.19. The first-order valence-electron chi connectivity index (χ1n) is 23.5. The lowest BCUT2D eigenvalue weighted by atomic mass is 9.92. The summed E-state index contributed by atoms with van der Waals surface area (Å²) in [6.07, 6.45) is 5.60. The lowest BCUT2D eigenvalue weighted by Gasteiger charge is -2.38. The lowest BCUT2D eigenvalue weighted by Crippen LogP contribution is -2.47. The van der Waals surface area contributed by atoms with Crippen LogP contribution in [0.1, 0.15) is 95.5 Å². The highest BCUT2D eigenvalue weighted by molar-refractivity contribution is 6.21. The molecule has 17 nitrogen and oxygen atoms in total. The molecule has 5 aliphatic heterocycles. The maximum absolute atomic E-state index is 14.7. The van der Waals surface area contributed by atoms with E-state index in [4.69, 9.17) is 19.2 Å². The number of ether oxygens (including phenoxy) is 3. The largest absolute Gasteiger partial charge is 0.507 e. The fourth-order valence-corrected chi connectivity index (χ4v) is 9.14. The van der Waals surface area contributed by atoms with Crippen LogP contribution in [-0.4, -0.2) is 111 Å². The van der Waals surface area contributed by atoms with E-state index in [0.29, 0.717) is 31.0 Å². The summed E-state index contributed by atoms with van der Waals surface area (Å²) < 4.78 is 18.0. The van der Waals surface area contributed by atoms with Crippen LogP contribution in [0, 0.1) is 18.8 Å². The molecule has 5 heterocycles. The van der Waals surface area contributed by atoms with E-state index in [1.165, 1.54) is 19.3 Å². The zero-order chi connectivity index (χ0) is 48.9. The van der Waals surface area contributed by atoms with Crippen LogP contribution < -0.4 is 31.4 Å². The number of carbonyl (C=O) groups excluding carboxylic acids is 4. The van der Waals surface area contributed by atoms with Gasteiger partial charge in [0.25, 0.3) is 11.7 Å². The van der Waals surface area contributed by atoms with Crippen LogP contribution in [0.3, 0.4) is 0 Å². The van der Waals surface area contributed by atoms with Gasteiger partial charge in [-0.25, -0.2) is 4.99 Å². The van der Waals surface area contributed by atoms with Gasteiger partial charge in [0, 0.05) is 87.0 Å². The standard InChI is InChI=1S/C51H64N6O11/c1-29(2)28-57-22-18-51(19-23-57)55-42-39-40-45(62)32(5)47-41(39)48(64)50(6,68-47)66-24-11-10-17-35(67-38(61)27-37(60)53-21-20-52-33-15-8-7-9-16-33)25-34(58)26-36(59)30(3)13-12-14-31(4)49(65)54-44(46(40)63)43(42)56-51/h7-9,11-16,24,29-30,34-36,52,55,58-59,62-63H,10,17-23,25-28H2,1-6H3,(H,53,60)/b13-12+,24-11+,31-14-,54-44?/t30?,34?,35-,36-,50?/m1/s1. The van der Waals surface area contributed by atoms with E-state index in [1.54, 1.807) is 39.0 Å². The van der Waals surface area contributed by atoms with Crippen LogP contribution in [-0.2, 0) is 23.9 Å². The number of rotatable bonds is 9. The molecule has 2 amide bonds. The number of carbonyl (C=O) groups is 4. The van der Waals surface area contributed by atoms with Crippen molar-refractivity contribution in [2.45, 2.75) is 116 Å². The lowest BCUT2D eigenvalue weighted by molar-refractivity contribution is -0.153. The Morgan fingerprint density at radius 1 is 1.01 bits per heavy atom. The van der Waals surface area contributed by atoms with E-state index >= 15 is 0 Å². The predicted molar refractivity (Wildman–Crippen MR) is 255 cm³/mol. The highest BCUT2D eigenvalue weighted by atomic mass is 16.7. The molecular formula is C51H64N6O11. The SMILES string of the molecule is C/C1=C/C=C/C(C)[C@H](O)CC(O)C[C@H](OC(=O)CC(=O)NCCNc2ccccc2)CC/C=C/OC2(C)Oc3c(C)c(O)c4c(O)c(c5c(c4c3C2=O)NC2(CCN(CC(C)C)CC2)N=5)=NC1=O. The van der Waals surface area contributed by atoms with Crippen LogP contribution in [0.5, 0.6) is 17.2 Å². The topological polar surface area (TPSA) is 241 Å². The van der Waals surface area contributed by atoms with Crippen molar-refractivity contribution in [2.75, 3.05) is 43.4 Å². The van der Waals surface area contributed by atoms with Crippen LogP contribution in [0.2, 0.25) is 0 Å². The summed E-state index contributed by atoms with van der Waals surface area (Å²) in [5.74, 6) is -5.42. The van der Waals surface area contributed by atoms with Gasteiger partial charge in [-0.1, -0.05) is 57.2 Å². The number of phenolic OH excluding ortho intramolecular Hbond substituents is 2. The molecule has 1 spiro atoms. The van der Waals surface area contributed by atoms with Crippen LogP contribution in [0.25, 0.3) is 10.8 Å². The number of fused-ring (bicyclic) bond motifs is 13. The molecule has 3 unspecified atom stereocenters. The molecule has 17 heteroatoms. The average molecular weight is 937 g/mol. The van der Waals surface area contributed by atoms with Crippen molar-refractivity contribution >= 4 is 45.7 Å².